The lowest BCUT2D eigenvalue weighted by Crippen LogP contribution is -2.48. The molecule has 0 aromatic heterocycles. The molecule has 1 atom stereocenters. The molecule has 0 aromatic carbocycles. The number of nitrogens with one attached hydrogen (secondary N) is 1. The first-order chi connectivity index (χ1) is 6.11. The number of rotatable bonds is 4. The van der Waals surface area contributed by atoms with Crippen LogP contribution in [0.15, 0.2) is 0 Å². The summed E-state index contributed by atoms with van der Waals surface area (Å²) < 4.78 is 0. The van der Waals surface area contributed by atoms with Crippen LogP contribution in [0, 0.1) is 0 Å². The molecule has 1 aliphatic heterocycles. The zero-order valence-electron chi connectivity index (χ0n) is 7.62. The summed E-state index contributed by atoms with van der Waals surface area (Å²) in [5.74, 6) is -0.948. The molecule has 74 valence electrons. The zero-order valence-corrected chi connectivity index (χ0v) is 7.62. The molecule has 0 aromatic rings. The lowest BCUT2D eigenvalue weighted by atomic mass is 10.2. The minimum absolute atomic E-state index is 0.0145. The van der Waals surface area contributed by atoms with Crippen LogP contribution in [0.1, 0.15) is 13.3 Å². The molecule has 0 aliphatic carbocycles. The Labute approximate surface area is 76.7 Å². The summed E-state index contributed by atoms with van der Waals surface area (Å²) in [5.41, 5.74) is 0. The topological polar surface area (TPSA) is 69.6 Å². The van der Waals surface area contributed by atoms with E-state index >= 15 is 0 Å². The second kappa shape index (κ2) is 4.23. The zero-order chi connectivity index (χ0) is 9.84. The lowest BCUT2D eigenvalue weighted by molar-refractivity contribution is -0.139. The summed E-state index contributed by atoms with van der Waals surface area (Å²) >= 11 is 0. The molecule has 1 fully saturated rings. The maximum atomic E-state index is 11.2. The van der Waals surface area contributed by atoms with Gasteiger partial charge in [-0.25, -0.2) is 0 Å². The van der Waals surface area contributed by atoms with Crippen molar-refractivity contribution in [2.75, 3.05) is 19.6 Å². The van der Waals surface area contributed by atoms with Crippen molar-refractivity contribution in [1.82, 2.24) is 10.2 Å². The fourth-order valence-electron chi connectivity index (χ4n) is 1.01. The Morgan fingerprint density at radius 2 is 2.15 bits per heavy atom. The SMILES string of the molecule is C[C@H](NCC(=O)N1CCC1)C(=O)O. The molecular formula is C8H14N2O3. The summed E-state index contributed by atoms with van der Waals surface area (Å²) in [6, 6.07) is -0.662. The molecule has 1 aliphatic rings. The maximum absolute atomic E-state index is 11.2. The number of likely N-dealkylation sites (tertiary alicyclic amines) is 1. The Morgan fingerprint density at radius 3 is 2.54 bits per heavy atom. The van der Waals surface area contributed by atoms with Crippen LogP contribution in [0.2, 0.25) is 0 Å². The fraction of sp³-hybridized carbons (Fsp3) is 0.750. The number of hydrogen-bond acceptors (Lipinski definition) is 3. The second-order valence-electron chi connectivity index (χ2n) is 3.18. The van der Waals surface area contributed by atoms with E-state index in [9.17, 15) is 9.59 Å². The van der Waals surface area contributed by atoms with E-state index in [-0.39, 0.29) is 12.5 Å². The van der Waals surface area contributed by atoms with E-state index in [1.807, 2.05) is 0 Å². The highest BCUT2D eigenvalue weighted by Gasteiger charge is 2.20. The molecule has 0 unspecified atom stereocenters. The number of aliphatic carboxylic acids is 1. The third-order valence-corrected chi connectivity index (χ3v) is 2.14. The van der Waals surface area contributed by atoms with Crippen molar-refractivity contribution in [3.63, 3.8) is 0 Å². The molecule has 0 bridgehead atoms. The molecule has 0 radical (unpaired) electrons. The average molecular weight is 186 g/mol. The van der Waals surface area contributed by atoms with E-state index in [4.69, 9.17) is 5.11 Å². The van der Waals surface area contributed by atoms with Gasteiger partial charge in [-0.2, -0.15) is 0 Å². The third kappa shape index (κ3) is 2.69. The van der Waals surface area contributed by atoms with Gasteiger partial charge < -0.3 is 10.0 Å². The van der Waals surface area contributed by atoms with Crippen molar-refractivity contribution >= 4 is 11.9 Å². The molecule has 5 heteroatoms. The van der Waals surface area contributed by atoms with Crippen molar-refractivity contribution in [3.8, 4) is 0 Å². The van der Waals surface area contributed by atoms with Gasteiger partial charge in [-0.15, -0.1) is 0 Å². The van der Waals surface area contributed by atoms with Crippen molar-refractivity contribution in [1.29, 1.82) is 0 Å². The first-order valence-electron chi connectivity index (χ1n) is 4.35. The third-order valence-electron chi connectivity index (χ3n) is 2.14. The molecule has 2 N–H and O–H groups in total. The van der Waals surface area contributed by atoms with Crippen molar-refractivity contribution in [3.05, 3.63) is 0 Å². The van der Waals surface area contributed by atoms with Gasteiger partial charge in [0.1, 0.15) is 6.04 Å². The molecule has 1 heterocycles. The van der Waals surface area contributed by atoms with E-state index in [2.05, 4.69) is 5.32 Å². The van der Waals surface area contributed by atoms with Crippen LogP contribution in [0.3, 0.4) is 0 Å². The monoisotopic (exact) mass is 186 g/mol. The molecular weight excluding hydrogens is 172 g/mol. The quantitative estimate of drug-likeness (QED) is 0.608. The van der Waals surface area contributed by atoms with E-state index in [1.54, 1.807) is 4.90 Å². The van der Waals surface area contributed by atoms with E-state index in [0.717, 1.165) is 19.5 Å². The summed E-state index contributed by atoms with van der Waals surface area (Å²) in [6.45, 7) is 3.25. The van der Waals surface area contributed by atoms with Crippen molar-refractivity contribution in [2.45, 2.75) is 19.4 Å². The highest BCUT2D eigenvalue weighted by atomic mass is 16.4. The first-order valence-corrected chi connectivity index (χ1v) is 4.35. The number of carboxylic acids is 1. The molecule has 1 rings (SSSR count). The van der Waals surface area contributed by atoms with Gasteiger partial charge in [0, 0.05) is 13.1 Å². The van der Waals surface area contributed by atoms with Gasteiger partial charge >= 0.3 is 5.97 Å². The summed E-state index contributed by atoms with van der Waals surface area (Å²) in [5, 5.41) is 11.2. The molecule has 0 spiro atoms. The van der Waals surface area contributed by atoms with Gasteiger partial charge in [0.05, 0.1) is 6.54 Å². The highest BCUT2D eigenvalue weighted by molar-refractivity contribution is 5.80. The van der Waals surface area contributed by atoms with Crippen molar-refractivity contribution < 1.29 is 14.7 Å². The molecule has 1 saturated heterocycles. The second-order valence-corrected chi connectivity index (χ2v) is 3.18. The Kier molecular flexibility index (Phi) is 3.25. The number of nitrogens with zero attached hydrogens (tertiary/aromatic N) is 1. The van der Waals surface area contributed by atoms with Crippen LogP contribution in [0.4, 0.5) is 0 Å². The van der Waals surface area contributed by atoms with Crippen molar-refractivity contribution in [2.24, 2.45) is 0 Å². The van der Waals surface area contributed by atoms with Crippen LogP contribution < -0.4 is 5.32 Å². The average Bonchev–Trinajstić information content (AvgIpc) is 1.96. The molecule has 5 nitrogen and oxygen atoms in total. The summed E-state index contributed by atoms with van der Waals surface area (Å²) in [6.07, 6.45) is 1.06. The Balaban J connectivity index is 2.17. The molecule has 1 amide bonds. The largest absolute Gasteiger partial charge is 0.480 e. The van der Waals surface area contributed by atoms with Gasteiger partial charge in [-0.05, 0) is 13.3 Å². The van der Waals surface area contributed by atoms with E-state index < -0.39 is 12.0 Å². The standard InChI is InChI=1S/C8H14N2O3/c1-6(8(12)13)9-5-7(11)10-3-2-4-10/h6,9H,2-5H2,1H3,(H,12,13)/t6-/m0/s1. The van der Waals surface area contributed by atoms with E-state index in [1.165, 1.54) is 6.92 Å². The van der Waals surface area contributed by atoms with Crippen LogP contribution in [-0.4, -0.2) is 47.6 Å². The van der Waals surface area contributed by atoms with Gasteiger partial charge in [0.15, 0.2) is 0 Å². The van der Waals surface area contributed by atoms with Crippen LogP contribution >= 0.6 is 0 Å². The van der Waals surface area contributed by atoms with Gasteiger partial charge in [0.2, 0.25) is 5.91 Å². The summed E-state index contributed by atoms with van der Waals surface area (Å²) in [4.78, 5) is 23.3. The number of carboxylic acid groups (broad SMARTS) is 1. The number of amides is 1. The van der Waals surface area contributed by atoms with Gasteiger partial charge in [-0.3, -0.25) is 14.9 Å². The normalized spacial score (nSPS) is 17.8. The van der Waals surface area contributed by atoms with E-state index in [0.29, 0.717) is 0 Å². The van der Waals surface area contributed by atoms with Crippen LogP contribution in [0.25, 0.3) is 0 Å². The van der Waals surface area contributed by atoms with Gasteiger partial charge in [0.25, 0.3) is 0 Å². The van der Waals surface area contributed by atoms with Crippen LogP contribution in [-0.2, 0) is 9.59 Å². The maximum Gasteiger partial charge on any atom is 0.320 e. The first kappa shape index (κ1) is 9.98. The number of carbonyl (C=O) groups excluding carboxylic acids is 1. The predicted molar refractivity (Wildman–Crippen MR) is 46.3 cm³/mol. The number of hydrogen-bond donors (Lipinski definition) is 2. The minimum atomic E-state index is -0.934. The minimum Gasteiger partial charge on any atom is -0.480 e. The fourth-order valence-corrected chi connectivity index (χ4v) is 1.01. The molecule has 13 heavy (non-hydrogen) atoms. The highest BCUT2D eigenvalue weighted by Crippen LogP contribution is 2.04. The van der Waals surface area contributed by atoms with Crippen LogP contribution in [0.5, 0.6) is 0 Å². The Morgan fingerprint density at radius 1 is 1.54 bits per heavy atom. The smallest absolute Gasteiger partial charge is 0.320 e. The summed E-state index contributed by atoms with van der Waals surface area (Å²) in [7, 11) is 0. The van der Waals surface area contributed by atoms with Gasteiger partial charge in [-0.1, -0.05) is 0 Å². The Bertz CT molecular complexity index is 213. The lowest BCUT2D eigenvalue weighted by Gasteiger charge is -2.31. The molecule has 0 saturated carbocycles. The Hall–Kier alpha value is -1.10. The number of carbonyl (C=O) groups is 2. The predicted octanol–water partition coefficient (Wildman–Crippen LogP) is -0.719.